The quantitative estimate of drug-likeness (QED) is 0.719. The average molecular weight is 383 g/mol. The minimum Gasteiger partial charge on any atom is -0.508 e. The van der Waals surface area contributed by atoms with Crippen molar-refractivity contribution in [1.82, 2.24) is 4.31 Å². The monoisotopic (exact) mass is 382 g/mol. The highest BCUT2D eigenvalue weighted by Gasteiger charge is 2.31. The predicted molar refractivity (Wildman–Crippen MR) is 90.2 cm³/mol. The summed E-state index contributed by atoms with van der Waals surface area (Å²) in [5.74, 6) is -0.252. The Balaban J connectivity index is 2.07. The summed E-state index contributed by atoms with van der Waals surface area (Å²) in [7, 11) is -3.41. The number of hydrogen-bond donors (Lipinski definition) is 3. The van der Waals surface area contributed by atoms with Gasteiger partial charge in [0.15, 0.2) is 0 Å². The van der Waals surface area contributed by atoms with Crippen LogP contribution in [-0.4, -0.2) is 48.4 Å². The molecule has 6 nitrogen and oxygen atoms in total. The van der Waals surface area contributed by atoms with Crippen LogP contribution in [0.2, 0.25) is 10.0 Å². The lowest BCUT2D eigenvalue weighted by molar-refractivity contribution is 0.240. The molecule has 0 amide bonds. The summed E-state index contributed by atoms with van der Waals surface area (Å²) < 4.78 is 25.2. The number of phenols is 1. The van der Waals surface area contributed by atoms with Crippen LogP contribution >= 0.6 is 23.2 Å². The van der Waals surface area contributed by atoms with Crippen LogP contribution in [0, 0.1) is 5.92 Å². The number of phenolic OH excluding ortho intramolecular Hbond substituents is 1. The van der Waals surface area contributed by atoms with E-state index in [0.29, 0.717) is 36.5 Å². The molecule has 1 aromatic rings. The Bertz CT molecular complexity index is 661. The average Bonchev–Trinajstić information content (AvgIpc) is 2.50. The molecule has 1 aliphatic heterocycles. The normalized spacial score (nSPS) is 19.0. The minimum atomic E-state index is -3.41. The van der Waals surface area contributed by atoms with Crippen LogP contribution in [-0.2, 0) is 10.0 Å². The molecular formula is C14H20Cl2N2O4S. The van der Waals surface area contributed by atoms with Crippen molar-refractivity contribution in [2.45, 2.75) is 18.9 Å². The first-order chi connectivity index (χ1) is 10.8. The maximum atomic E-state index is 11.9. The van der Waals surface area contributed by atoms with Crippen molar-refractivity contribution in [1.29, 1.82) is 0 Å². The number of sulfonamides is 1. The second kappa shape index (κ2) is 7.55. The summed E-state index contributed by atoms with van der Waals surface area (Å²) >= 11 is 11.8. The van der Waals surface area contributed by atoms with Crippen LogP contribution in [0.4, 0.5) is 0 Å². The minimum absolute atomic E-state index is 0.0118. The van der Waals surface area contributed by atoms with Crippen LogP contribution < -0.4 is 5.73 Å². The van der Waals surface area contributed by atoms with Crippen LogP contribution in [0.5, 0.6) is 5.75 Å². The number of rotatable bonds is 5. The van der Waals surface area contributed by atoms with Gasteiger partial charge in [0, 0.05) is 30.8 Å². The first kappa shape index (κ1) is 18.8. The predicted octanol–water partition coefficient (Wildman–Crippen LogP) is 1.73. The van der Waals surface area contributed by atoms with Gasteiger partial charge in [0.25, 0.3) is 0 Å². The molecule has 0 aliphatic carbocycles. The maximum Gasteiger partial charge on any atom is 0.216 e. The number of benzene rings is 1. The van der Waals surface area contributed by atoms with E-state index in [1.165, 1.54) is 10.4 Å². The molecule has 1 unspecified atom stereocenters. The zero-order chi connectivity index (χ0) is 17.2. The van der Waals surface area contributed by atoms with Crippen molar-refractivity contribution in [3.05, 3.63) is 27.7 Å². The van der Waals surface area contributed by atoms with Gasteiger partial charge < -0.3 is 15.9 Å². The third-order valence-corrected chi connectivity index (χ3v) is 6.75. The molecule has 1 heterocycles. The fraction of sp³-hybridized carbons (Fsp3) is 0.571. The number of aliphatic hydroxyl groups excluding tert-OH is 1. The third kappa shape index (κ3) is 4.29. The smallest absolute Gasteiger partial charge is 0.216 e. The van der Waals surface area contributed by atoms with Gasteiger partial charge in [0.2, 0.25) is 10.0 Å². The summed E-state index contributed by atoms with van der Waals surface area (Å²) in [5, 5.41) is 19.4. The van der Waals surface area contributed by atoms with Crippen LogP contribution in [0.1, 0.15) is 24.4 Å². The molecule has 9 heteroatoms. The molecule has 1 aromatic carbocycles. The van der Waals surface area contributed by atoms with E-state index in [-0.39, 0.29) is 29.0 Å². The van der Waals surface area contributed by atoms with E-state index in [1.54, 1.807) is 6.07 Å². The van der Waals surface area contributed by atoms with Crippen molar-refractivity contribution in [2.75, 3.05) is 25.4 Å². The molecule has 0 radical (unpaired) electrons. The fourth-order valence-electron chi connectivity index (χ4n) is 2.83. The summed E-state index contributed by atoms with van der Waals surface area (Å²) in [4.78, 5) is 0. The van der Waals surface area contributed by atoms with Crippen molar-refractivity contribution < 1.29 is 18.6 Å². The number of aliphatic hydroxyl groups is 1. The molecule has 1 aliphatic rings. The highest BCUT2D eigenvalue weighted by Crippen LogP contribution is 2.38. The Kier molecular flexibility index (Phi) is 6.16. The SMILES string of the molecule is NC(c1cc(Cl)c(Cl)cc1O)C1CCN(S(=O)(=O)CCO)CC1. The van der Waals surface area contributed by atoms with Crippen LogP contribution in [0.15, 0.2) is 12.1 Å². The molecule has 1 saturated heterocycles. The summed E-state index contributed by atoms with van der Waals surface area (Å²) in [5.41, 5.74) is 6.74. The summed E-state index contributed by atoms with van der Waals surface area (Å²) in [6.45, 7) is 0.310. The molecule has 4 N–H and O–H groups in total. The highest BCUT2D eigenvalue weighted by atomic mass is 35.5. The van der Waals surface area contributed by atoms with Crippen LogP contribution in [0.25, 0.3) is 0 Å². The van der Waals surface area contributed by atoms with E-state index in [4.69, 9.17) is 34.0 Å². The van der Waals surface area contributed by atoms with E-state index in [1.807, 2.05) is 0 Å². The number of nitrogens with two attached hydrogens (primary N) is 1. The number of piperidine rings is 1. The number of nitrogens with zero attached hydrogens (tertiary/aromatic N) is 1. The van der Waals surface area contributed by atoms with Gasteiger partial charge in [-0.15, -0.1) is 0 Å². The van der Waals surface area contributed by atoms with Crippen molar-refractivity contribution in [3.63, 3.8) is 0 Å². The molecule has 130 valence electrons. The largest absolute Gasteiger partial charge is 0.508 e. The lowest BCUT2D eigenvalue weighted by atomic mass is 9.86. The van der Waals surface area contributed by atoms with Crippen molar-refractivity contribution >= 4 is 33.2 Å². The summed E-state index contributed by atoms with van der Waals surface area (Å²) in [6.07, 6.45) is 1.15. The zero-order valence-electron chi connectivity index (χ0n) is 12.5. The molecule has 0 aromatic heterocycles. The number of hydrogen-bond acceptors (Lipinski definition) is 5. The molecular weight excluding hydrogens is 363 g/mol. The topological polar surface area (TPSA) is 104 Å². The Hall–Kier alpha value is -0.570. The molecule has 23 heavy (non-hydrogen) atoms. The van der Waals surface area contributed by atoms with Crippen molar-refractivity contribution in [2.24, 2.45) is 11.7 Å². The zero-order valence-corrected chi connectivity index (χ0v) is 14.8. The van der Waals surface area contributed by atoms with Gasteiger partial charge in [-0.3, -0.25) is 0 Å². The van der Waals surface area contributed by atoms with Gasteiger partial charge in [-0.1, -0.05) is 23.2 Å². The Morgan fingerprint density at radius 3 is 2.39 bits per heavy atom. The van der Waals surface area contributed by atoms with Crippen LogP contribution in [0.3, 0.4) is 0 Å². The van der Waals surface area contributed by atoms with Gasteiger partial charge in [-0.2, -0.15) is 0 Å². The fourth-order valence-corrected chi connectivity index (χ4v) is 4.42. The van der Waals surface area contributed by atoms with Gasteiger partial charge in [0.05, 0.1) is 22.4 Å². The lowest BCUT2D eigenvalue weighted by Gasteiger charge is -2.34. The maximum absolute atomic E-state index is 11.9. The standard InChI is InChI=1S/C14H20Cl2N2O4S/c15-11-7-10(13(20)8-12(11)16)14(17)9-1-3-18(4-2-9)23(21,22)6-5-19/h7-9,14,19-20H,1-6,17H2. The first-order valence-corrected chi connectivity index (χ1v) is 9.65. The second-order valence-electron chi connectivity index (χ2n) is 5.63. The number of halogens is 2. The highest BCUT2D eigenvalue weighted by molar-refractivity contribution is 7.89. The molecule has 1 fully saturated rings. The van der Waals surface area contributed by atoms with E-state index in [0.717, 1.165) is 0 Å². The van der Waals surface area contributed by atoms with E-state index in [2.05, 4.69) is 0 Å². The Morgan fingerprint density at radius 2 is 1.83 bits per heavy atom. The van der Waals surface area contributed by atoms with Gasteiger partial charge >= 0.3 is 0 Å². The number of aromatic hydroxyl groups is 1. The molecule has 0 saturated carbocycles. The molecule has 1 atom stereocenters. The molecule has 0 spiro atoms. The van der Waals surface area contributed by atoms with Gasteiger partial charge in [-0.25, -0.2) is 12.7 Å². The van der Waals surface area contributed by atoms with Crippen molar-refractivity contribution in [3.8, 4) is 5.75 Å². The molecule has 0 bridgehead atoms. The van der Waals surface area contributed by atoms with E-state index in [9.17, 15) is 13.5 Å². The summed E-state index contributed by atoms with van der Waals surface area (Å²) in [6, 6.07) is 2.46. The van der Waals surface area contributed by atoms with E-state index < -0.39 is 16.1 Å². The third-order valence-electron chi connectivity index (χ3n) is 4.18. The van der Waals surface area contributed by atoms with Gasteiger partial charge in [-0.05, 0) is 24.8 Å². The first-order valence-electron chi connectivity index (χ1n) is 7.28. The van der Waals surface area contributed by atoms with Gasteiger partial charge in [0.1, 0.15) is 5.75 Å². The molecule has 2 rings (SSSR count). The van der Waals surface area contributed by atoms with E-state index >= 15 is 0 Å². The Labute approximate surface area is 145 Å². The second-order valence-corrected chi connectivity index (χ2v) is 8.53. The lowest BCUT2D eigenvalue weighted by Crippen LogP contribution is -2.42. The Morgan fingerprint density at radius 1 is 1.26 bits per heavy atom.